The molecule has 0 aromatic heterocycles. The molecule has 1 saturated heterocycles. The van der Waals surface area contributed by atoms with Crippen LogP contribution in [0.15, 0.2) is 48.5 Å². The van der Waals surface area contributed by atoms with E-state index in [9.17, 15) is 4.79 Å². The second kappa shape index (κ2) is 12.1. The number of nitrogens with one attached hydrogen (secondary N) is 1. The number of carbonyl (C=O) groups is 1. The Balaban J connectivity index is 1.45. The van der Waals surface area contributed by atoms with Gasteiger partial charge in [-0.1, -0.05) is 69.7 Å². The molecule has 2 aliphatic rings. The molecular weight excluding hydrogens is 432 g/mol. The molecule has 35 heavy (non-hydrogen) atoms. The van der Waals surface area contributed by atoms with E-state index in [-0.39, 0.29) is 17.4 Å². The maximum atomic E-state index is 13.8. The van der Waals surface area contributed by atoms with Crippen molar-refractivity contribution in [2.45, 2.75) is 84.7 Å². The van der Waals surface area contributed by atoms with Crippen molar-refractivity contribution < 1.29 is 9.53 Å². The normalized spacial score (nSPS) is 21.5. The van der Waals surface area contributed by atoms with E-state index in [1.54, 1.807) is 0 Å². The number of hydrogen-bond donors (Lipinski definition) is 1. The fourth-order valence-corrected chi connectivity index (χ4v) is 5.76. The van der Waals surface area contributed by atoms with Gasteiger partial charge >= 0.3 is 0 Å². The molecule has 1 N–H and O–H groups in total. The van der Waals surface area contributed by atoms with E-state index in [1.807, 2.05) is 6.07 Å². The van der Waals surface area contributed by atoms with Crippen LogP contribution in [-0.4, -0.2) is 36.5 Å². The van der Waals surface area contributed by atoms with E-state index in [0.29, 0.717) is 12.5 Å². The summed E-state index contributed by atoms with van der Waals surface area (Å²) in [5.74, 6) is 1.74. The lowest BCUT2D eigenvalue weighted by Gasteiger charge is -2.42. The molecule has 190 valence electrons. The standard InChI is InChI=1S/C31H44N2O2/c1-4-25-12-14-26(15-13-25)22-33-19-17-31(18-20-33)16-8-7-10-27-9-5-6-11-29(27)35-23-28(21-24(2)3)32-30(31)34/h5-6,9,11-15,24,28H,4,7-8,10,16-23H2,1-3H3,(H,32,34)/t28-/m0/s1. The molecule has 4 nitrogen and oxygen atoms in total. The first kappa shape index (κ1) is 25.8. The zero-order valence-corrected chi connectivity index (χ0v) is 22.0. The fourth-order valence-electron chi connectivity index (χ4n) is 5.76. The summed E-state index contributed by atoms with van der Waals surface area (Å²) in [6.07, 6.45) is 8.07. The summed E-state index contributed by atoms with van der Waals surface area (Å²) < 4.78 is 6.27. The molecular formula is C31H44N2O2. The first-order valence-electron chi connectivity index (χ1n) is 13.8. The van der Waals surface area contributed by atoms with Gasteiger partial charge in [-0.2, -0.15) is 0 Å². The van der Waals surface area contributed by atoms with Crippen LogP contribution < -0.4 is 10.1 Å². The Morgan fingerprint density at radius 2 is 1.71 bits per heavy atom. The molecule has 2 aromatic carbocycles. The van der Waals surface area contributed by atoms with Crippen LogP contribution in [0.4, 0.5) is 0 Å². The molecule has 4 heteroatoms. The molecule has 0 bridgehead atoms. The van der Waals surface area contributed by atoms with Gasteiger partial charge in [0.05, 0.1) is 11.5 Å². The average Bonchev–Trinajstić information content (AvgIpc) is 2.86. The summed E-state index contributed by atoms with van der Waals surface area (Å²) in [6, 6.07) is 17.5. The number of para-hydroxylation sites is 1. The van der Waals surface area contributed by atoms with Gasteiger partial charge in [-0.15, -0.1) is 0 Å². The summed E-state index contributed by atoms with van der Waals surface area (Å²) in [6.45, 7) is 10.1. The number of rotatable bonds is 5. The molecule has 0 saturated carbocycles. The molecule has 0 aliphatic carbocycles. The van der Waals surface area contributed by atoms with Crippen LogP contribution >= 0.6 is 0 Å². The van der Waals surface area contributed by atoms with Crippen LogP contribution in [-0.2, 0) is 24.2 Å². The van der Waals surface area contributed by atoms with E-state index in [4.69, 9.17) is 4.74 Å². The number of benzene rings is 2. The number of likely N-dealkylation sites (tertiary alicyclic amines) is 1. The molecule has 4 rings (SSSR count). The predicted molar refractivity (Wildman–Crippen MR) is 144 cm³/mol. The molecule has 2 heterocycles. The number of carbonyl (C=O) groups excluding carboxylic acids is 1. The minimum absolute atomic E-state index is 0.0435. The third kappa shape index (κ3) is 6.88. The van der Waals surface area contributed by atoms with Crippen molar-refractivity contribution in [1.29, 1.82) is 0 Å². The van der Waals surface area contributed by atoms with E-state index < -0.39 is 0 Å². The van der Waals surface area contributed by atoms with Gasteiger partial charge in [0, 0.05) is 6.54 Å². The van der Waals surface area contributed by atoms with Gasteiger partial charge in [-0.3, -0.25) is 9.69 Å². The highest BCUT2D eigenvalue weighted by Gasteiger charge is 2.41. The second-order valence-corrected chi connectivity index (χ2v) is 11.2. The van der Waals surface area contributed by atoms with Crippen molar-refractivity contribution in [3.8, 4) is 5.75 Å². The Labute approximate surface area is 212 Å². The van der Waals surface area contributed by atoms with Crippen molar-refractivity contribution in [1.82, 2.24) is 10.2 Å². The lowest BCUT2D eigenvalue weighted by molar-refractivity contribution is -0.136. The summed E-state index contributed by atoms with van der Waals surface area (Å²) >= 11 is 0. The number of amides is 1. The van der Waals surface area contributed by atoms with Gasteiger partial charge in [0.25, 0.3) is 0 Å². The topological polar surface area (TPSA) is 41.6 Å². The van der Waals surface area contributed by atoms with Crippen LogP contribution in [0.5, 0.6) is 5.75 Å². The van der Waals surface area contributed by atoms with Crippen molar-refractivity contribution >= 4 is 5.91 Å². The monoisotopic (exact) mass is 476 g/mol. The molecule has 0 unspecified atom stereocenters. The Kier molecular flexibility index (Phi) is 8.89. The van der Waals surface area contributed by atoms with E-state index in [2.05, 4.69) is 73.5 Å². The third-order valence-electron chi connectivity index (χ3n) is 7.99. The zero-order chi connectivity index (χ0) is 24.7. The van der Waals surface area contributed by atoms with Gasteiger partial charge < -0.3 is 10.1 Å². The maximum Gasteiger partial charge on any atom is 0.226 e. The van der Waals surface area contributed by atoms with Crippen molar-refractivity contribution in [2.75, 3.05) is 19.7 Å². The summed E-state index contributed by atoms with van der Waals surface area (Å²) in [4.78, 5) is 16.3. The quantitative estimate of drug-likeness (QED) is 0.561. The summed E-state index contributed by atoms with van der Waals surface area (Å²) in [5, 5.41) is 3.45. The molecule has 1 spiro atoms. The molecule has 1 atom stereocenters. The first-order chi connectivity index (χ1) is 17.0. The first-order valence-corrected chi connectivity index (χ1v) is 13.8. The number of nitrogens with zero attached hydrogens (tertiary/aromatic N) is 1. The number of piperidine rings is 1. The SMILES string of the molecule is CCc1ccc(CN2CCC3(CCCCc4ccccc4OC[C@H](CC(C)C)NC3=O)CC2)cc1. The lowest BCUT2D eigenvalue weighted by Crippen LogP contribution is -2.52. The number of ether oxygens (including phenoxy) is 1. The summed E-state index contributed by atoms with van der Waals surface area (Å²) in [7, 11) is 0. The highest BCUT2D eigenvalue weighted by molar-refractivity contribution is 5.83. The third-order valence-corrected chi connectivity index (χ3v) is 7.99. The van der Waals surface area contributed by atoms with Crippen LogP contribution in [0.25, 0.3) is 0 Å². The van der Waals surface area contributed by atoms with Crippen LogP contribution in [0, 0.1) is 11.3 Å². The van der Waals surface area contributed by atoms with Crippen LogP contribution in [0.2, 0.25) is 0 Å². The van der Waals surface area contributed by atoms with Crippen LogP contribution in [0.1, 0.15) is 76.0 Å². The van der Waals surface area contributed by atoms with Crippen molar-refractivity contribution in [3.63, 3.8) is 0 Å². The van der Waals surface area contributed by atoms with Gasteiger partial charge in [0.15, 0.2) is 0 Å². The Bertz CT molecular complexity index is 945. The van der Waals surface area contributed by atoms with Crippen LogP contribution in [0.3, 0.4) is 0 Å². The highest BCUT2D eigenvalue weighted by atomic mass is 16.5. The van der Waals surface area contributed by atoms with E-state index in [0.717, 1.165) is 76.8 Å². The van der Waals surface area contributed by atoms with E-state index >= 15 is 0 Å². The van der Waals surface area contributed by atoms with Gasteiger partial charge in [-0.25, -0.2) is 0 Å². The lowest BCUT2D eigenvalue weighted by atomic mass is 9.73. The number of fused-ring (bicyclic) bond motifs is 1. The van der Waals surface area contributed by atoms with Crippen molar-refractivity contribution in [3.05, 3.63) is 65.2 Å². The van der Waals surface area contributed by atoms with Crippen molar-refractivity contribution in [2.24, 2.45) is 11.3 Å². The van der Waals surface area contributed by atoms with Gasteiger partial charge in [-0.05, 0) is 86.7 Å². The smallest absolute Gasteiger partial charge is 0.226 e. The fraction of sp³-hybridized carbons (Fsp3) is 0.581. The van der Waals surface area contributed by atoms with E-state index in [1.165, 1.54) is 16.7 Å². The molecule has 2 aromatic rings. The minimum atomic E-state index is -0.253. The second-order valence-electron chi connectivity index (χ2n) is 11.2. The Hall–Kier alpha value is -2.33. The highest BCUT2D eigenvalue weighted by Crippen LogP contribution is 2.38. The predicted octanol–water partition coefficient (Wildman–Crippen LogP) is 6.17. The van der Waals surface area contributed by atoms with Gasteiger partial charge in [0.1, 0.15) is 12.4 Å². The number of hydrogen-bond acceptors (Lipinski definition) is 3. The zero-order valence-electron chi connectivity index (χ0n) is 22.0. The summed E-state index contributed by atoms with van der Waals surface area (Å²) in [5.41, 5.74) is 3.80. The Morgan fingerprint density at radius 1 is 1.00 bits per heavy atom. The maximum absolute atomic E-state index is 13.8. The molecule has 2 aliphatic heterocycles. The largest absolute Gasteiger partial charge is 0.491 e. The van der Waals surface area contributed by atoms with Gasteiger partial charge in [0.2, 0.25) is 5.91 Å². The average molecular weight is 477 g/mol. The molecule has 1 amide bonds. The molecule has 0 radical (unpaired) electrons. The minimum Gasteiger partial charge on any atom is -0.491 e. The number of aryl methyl sites for hydroxylation is 2. The molecule has 1 fully saturated rings. The Morgan fingerprint density at radius 3 is 2.43 bits per heavy atom.